The first-order valence-corrected chi connectivity index (χ1v) is 12.9. The van der Waals surface area contributed by atoms with Gasteiger partial charge in [0.1, 0.15) is 16.5 Å². The van der Waals surface area contributed by atoms with Crippen LogP contribution in [0, 0.1) is 6.92 Å². The number of thiazole rings is 1. The molecule has 3 aromatic rings. The van der Waals surface area contributed by atoms with Gasteiger partial charge in [0, 0.05) is 23.4 Å². The van der Waals surface area contributed by atoms with Crippen LogP contribution in [-0.4, -0.2) is 40.8 Å². The zero-order valence-corrected chi connectivity index (χ0v) is 21.4. The van der Waals surface area contributed by atoms with E-state index in [0.29, 0.717) is 18.1 Å². The normalized spacial score (nSPS) is 12.0. The van der Waals surface area contributed by atoms with Gasteiger partial charge in [-0.2, -0.15) is 0 Å². The molecule has 1 atom stereocenters. The molecular weight excluding hydrogens is 472 g/mol. The Labute approximate surface area is 207 Å². The van der Waals surface area contributed by atoms with E-state index < -0.39 is 12.1 Å². The molecule has 2 heterocycles. The summed E-state index contributed by atoms with van der Waals surface area (Å²) in [5, 5.41) is 15.3. The largest absolute Gasteiger partial charge is 0.493 e. The van der Waals surface area contributed by atoms with Crippen molar-refractivity contribution < 1.29 is 24.2 Å². The number of nitrogens with one attached hydrogen (secondary N) is 1. The van der Waals surface area contributed by atoms with E-state index in [9.17, 15) is 14.7 Å². The lowest BCUT2D eigenvalue weighted by atomic mass is 10.0. The Kier molecular flexibility index (Phi) is 9.20. The fourth-order valence-electron chi connectivity index (χ4n) is 3.36. The SMILES string of the molecule is CCCOc1ccc(CC(OC(C)C)C(=O)O)cc1CNC(=O)c1nc(-c2cccs2)sc1C. The number of ether oxygens (including phenoxy) is 2. The lowest BCUT2D eigenvalue weighted by molar-refractivity contribution is -0.153. The first-order chi connectivity index (χ1) is 16.3. The summed E-state index contributed by atoms with van der Waals surface area (Å²) in [4.78, 5) is 31.0. The minimum atomic E-state index is -1.00. The van der Waals surface area contributed by atoms with Crippen LogP contribution < -0.4 is 10.1 Å². The van der Waals surface area contributed by atoms with Crippen LogP contribution in [0.2, 0.25) is 0 Å². The molecule has 1 aromatic carbocycles. The van der Waals surface area contributed by atoms with Crippen molar-refractivity contribution in [2.24, 2.45) is 0 Å². The highest BCUT2D eigenvalue weighted by Crippen LogP contribution is 2.31. The Balaban J connectivity index is 1.76. The quantitative estimate of drug-likeness (QED) is 0.348. The molecule has 0 radical (unpaired) electrons. The Hall–Kier alpha value is -2.75. The van der Waals surface area contributed by atoms with Crippen LogP contribution in [-0.2, 0) is 22.5 Å². The van der Waals surface area contributed by atoms with Gasteiger partial charge in [0.2, 0.25) is 0 Å². The highest BCUT2D eigenvalue weighted by Gasteiger charge is 2.21. The number of aryl methyl sites for hydroxylation is 1. The maximum atomic E-state index is 12.9. The van der Waals surface area contributed by atoms with E-state index in [4.69, 9.17) is 9.47 Å². The lowest BCUT2D eigenvalue weighted by Crippen LogP contribution is -2.29. The maximum Gasteiger partial charge on any atom is 0.333 e. The van der Waals surface area contributed by atoms with Crippen molar-refractivity contribution >= 4 is 34.6 Å². The summed E-state index contributed by atoms with van der Waals surface area (Å²) >= 11 is 3.09. The van der Waals surface area contributed by atoms with E-state index in [1.165, 1.54) is 11.3 Å². The van der Waals surface area contributed by atoms with Gasteiger partial charge in [-0.05, 0) is 50.3 Å². The van der Waals surface area contributed by atoms with E-state index >= 15 is 0 Å². The smallest absolute Gasteiger partial charge is 0.333 e. The number of carbonyl (C=O) groups is 2. The van der Waals surface area contributed by atoms with Crippen LogP contribution >= 0.6 is 22.7 Å². The van der Waals surface area contributed by atoms with Crippen molar-refractivity contribution in [1.29, 1.82) is 0 Å². The summed E-state index contributed by atoms with van der Waals surface area (Å²) in [5.74, 6) is -0.595. The molecule has 0 bridgehead atoms. The summed E-state index contributed by atoms with van der Waals surface area (Å²) in [6, 6.07) is 9.48. The number of carbonyl (C=O) groups excluding carboxylic acids is 1. The highest BCUT2D eigenvalue weighted by molar-refractivity contribution is 7.21. The number of hydrogen-bond acceptors (Lipinski definition) is 7. The average Bonchev–Trinajstić information content (AvgIpc) is 3.45. The van der Waals surface area contributed by atoms with Gasteiger partial charge in [-0.3, -0.25) is 4.79 Å². The monoisotopic (exact) mass is 502 g/mol. The topological polar surface area (TPSA) is 97.8 Å². The molecule has 0 aliphatic rings. The molecule has 0 aliphatic carbocycles. The summed E-state index contributed by atoms with van der Waals surface area (Å²) in [7, 11) is 0. The number of hydrogen-bond donors (Lipinski definition) is 2. The minimum Gasteiger partial charge on any atom is -0.493 e. The van der Waals surface area contributed by atoms with Crippen molar-refractivity contribution in [3.05, 3.63) is 57.4 Å². The van der Waals surface area contributed by atoms with Crippen LogP contribution in [0.1, 0.15) is 53.7 Å². The number of amides is 1. The molecule has 1 unspecified atom stereocenters. The first kappa shape index (κ1) is 25.9. The summed E-state index contributed by atoms with van der Waals surface area (Å²) in [6.07, 6.45) is -0.0798. The van der Waals surface area contributed by atoms with Crippen LogP contribution in [0.4, 0.5) is 0 Å². The van der Waals surface area contributed by atoms with Gasteiger partial charge in [0.25, 0.3) is 5.91 Å². The molecule has 0 saturated carbocycles. The zero-order valence-electron chi connectivity index (χ0n) is 19.8. The number of carboxylic acids is 1. The molecule has 2 aromatic heterocycles. The van der Waals surface area contributed by atoms with Crippen molar-refractivity contribution in [3.8, 4) is 15.6 Å². The van der Waals surface area contributed by atoms with E-state index in [1.54, 1.807) is 11.3 Å². The number of aliphatic carboxylic acids is 1. The van der Waals surface area contributed by atoms with E-state index in [1.807, 2.05) is 63.4 Å². The van der Waals surface area contributed by atoms with Gasteiger partial charge in [0.15, 0.2) is 6.10 Å². The third-order valence-corrected chi connectivity index (χ3v) is 6.91. The third-order valence-electron chi connectivity index (χ3n) is 4.90. The number of rotatable bonds is 12. The van der Waals surface area contributed by atoms with E-state index in [0.717, 1.165) is 32.3 Å². The number of aromatic nitrogens is 1. The van der Waals surface area contributed by atoms with Gasteiger partial charge < -0.3 is 19.9 Å². The second-order valence-electron chi connectivity index (χ2n) is 8.09. The van der Waals surface area contributed by atoms with Gasteiger partial charge in [0.05, 0.1) is 17.6 Å². The second-order valence-corrected chi connectivity index (χ2v) is 10.2. The molecule has 0 spiro atoms. The van der Waals surface area contributed by atoms with E-state index in [-0.39, 0.29) is 25.0 Å². The predicted octanol–water partition coefficient (Wildman–Crippen LogP) is 5.32. The average molecular weight is 503 g/mol. The van der Waals surface area contributed by atoms with E-state index in [2.05, 4.69) is 10.3 Å². The standard InChI is InChI=1S/C25H30N2O5S2/c1-5-10-31-19-9-8-17(13-20(25(29)30)32-15(2)3)12-18(19)14-26-23(28)22-16(4)34-24(27-22)21-7-6-11-33-21/h6-9,11-12,15,20H,5,10,13-14H2,1-4H3,(H,26,28)(H,29,30). The molecular formula is C25H30N2O5S2. The van der Waals surface area contributed by atoms with Crippen LogP contribution in [0.15, 0.2) is 35.7 Å². The lowest BCUT2D eigenvalue weighted by Gasteiger charge is -2.18. The number of carboxylic acid groups (broad SMARTS) is 1. The molecule has 0 fully saturated rings. The highest BCUT2D eigenvalue weighted by atomic mass is 32.1. The van der Waals surface area contributed by atoms with Crippen molar-refractivity contribution in [3.63, 3.8) is 0 Å². The second kappa shape index (κ2) is 12.1. The zero-order chi connectivity index (χ0) is 24.7. The first-order valence-electron chi connectivity index (χ1n) is 11.2. The molecule has 182 valence electrons. The molecule has 9 heteroatoms. The van der Waals surface area contributed by atoms with Crippen LogP contribution in [0.25, 0.3) is 9.88 Å². The maximum absolute atomic E-state index is 12.9. The minimum absolute atomic E-state index is 0.201. The van der Waals surface area contributed by atoms with Crippen LogP contribution in [0.5, 0.6) is 5.75 Å². The Bertz CT molecular complexity index is 1110. The number of benzene rings is 1. The van der Waals surface area contributed by atoms with Gasteiger partial charge >= 0.3 is 5.97 Å². The summed E-state index contributed by atoms with van der Waals surface area (Å²) in [6.45, 7) is 8.31. The molecule has 0 aliphatic heterocycles. The van der Waals surface area contributed by atoms with Gasteiger partial charge in [-0.1, -0.05) is 25.1 Å². The molecule has 3 rings (SSSR count). The summed E-state index contributed by atoms with van der Waals surface area (Å²) < 4.78 is 11.4. The van der Waals surface area contributed by atoms with Gasteiger partial charge in [-0.15, -0.1) is 22.7 Å². The Morgan fingerprint density at radius 3 is 2.68 bits per heavy atom. The van der Waals surface area contributed by atoms with Crippen molar-refractivity contribution in [1.82, 2.24) is 10.3 Å². The fraction of sp³-hybridized carbons (Fsp3) is 0.400. The molecule has 1 amide bonds. The third kappa shape index (κ3) is 6.88. The molecule has 2 N–H and O–H groups in total. The van der Waals surface area contributed by atoms with Crippen LogP contribution in [0.3, 0.4) is 0 Å². The van der Waals surface area contributed by atoms with Gasteiger partial charge in [-0.25, -0.2) is 9.78 Å². The molecule has 0 saturated heterocycles. The molecule has 34 heavy (non-hydrogen) atoms. The molecule has 7 nitrogen and oxygen atoms in total. The summed E-state index contributed by atoms with van der Waals surface area (Å²) in [5.41, 5.74) is 1.99. The Morgan fingerprint density at radius 1 is 1.24 bits per heavy atom. The number of thiophene rings is 1. The number of nitrogens with zero attached hydrogens (tertiary/aromatic N) is 1. The van der Waals surface area contributed by atoms with Crippen molar-refractivity contribution in [2.45, 2.75) is 59.3 Å². The van der Waals surface area contributed by atoms with Crippen molar-refractivity contribution in [2.75, 3.05) is 6.61 Å². The fourth-order valence-corrected chi connectivity index (χ4v) is 5.07. The Morgan fingerprint density at radius 2 is 2.03 bits per heavy atom. The predicted molar refractivity (Wildman–Crippen MR) is 135 cm³/mol.